The van der Waals surface area contributed by atoms with Crippen molar-refractivity contribution in [2.24, 2.45) is 0 Å². The van der Waals surface area contributed by atoms with Crippen LogP contribution in [0.5, 0.6) is 0 Å². The predicted octanol–water partition coefficient (Wildman–Crippen LogP) is 4.46. The lowest BCUT2D eigenvalue weighted by molar-refractivity contribution is -0.128. The van der Waals surface area contributed by atoms with E-state index in [2.05, 4.69) is 10.6 Å². The van der Waals surface area contributed by atoms with E-state index in [0.29, 0.717) is 22.7 Å². The summed E-state index contributed by atoms with van der Waals surface area (Å²) in [6.45, 7) is 7.42. The highest BCUT2D eigenvalue weighted by Gasteiger charge is 2.37. The highest BCUT2D eigenvalue weighted by molar-refractivity contribution is 7.12. The molecule has 33 heavy (non-hydrogen) atoms. The molecule has 8 heteroatoms. The summed E-state index contributed by atoms with van der Waals surface area (Å²) in [7, 11) is 0. The number of carbonyl (C=O) groups excluding carboxylic acids is 3. The van der Waals surface area contributed by atoms with Crippen molar-refractivity contribution in [1.82, 2.24) is 10.6 Å². The van der Waals surface area contributed by atoms with Crippen molar-refractivity contribution in [1.29, 1.82) is 0 Å². The molecule has 0 radical (unpaired) electrons. The Bertz CT molecular complexity index is 1090. The summed E-state index contributed by atoms with van der Waals surface area (Å²) in [6, 6.07) is 13.1. The quantitative estimate of drug-likeness (QED) is 0.486. The minimum absolute atomic E-state index is 0.271. The van der Waals surface area contributed by atoms with E-state index in [-0.39, 0.29) is 18.4 Å². The van der Waals surface area contributed by atoms with Gasteiger partial charge in [0.2, 0.25) is 5.91 Å². The van der Waals surface area contributed by atoms with Crippen LogP contribution in [0, 0.1) is 6.92 Å². The maximum atomic E-state index is 13.5. The Balaban J connectivity index is 1.98. The average Bonchev–Trinajstić information content (AvgIpc) is 3.50. The summed E-state index contributed by atoms with van der Waals surface area (Å²) in [6.07, 6.45) is 2.18. The minimum atomic E-state index is -1.04. The Kier molecular flexibility index (Phi) is 7.71. The molecule has 0 aliphatic carbocycles. The molecule has 2 aromatic heterocycles. The first-order valence-corrected chi connectivity index (χ1v) is 11.7. The number of furan rings is 1. The zero-order valence-corrected chi connectivity index (χ0v) is 20.1. The van der Waals surface area contributed by atoms with E-state index in [1.807, 2.05) is 39.8 Å². The fourth-order valence-corrected chi connectivity index (χ4v) is 3.94. The van der Waals surface area contributed by atoms with Crippen LogP contribution >= 0.6 is 11.3 Å². The van der Waals surface area contributed by atoms with Gasteiger partial charge in [-0.15, -0.1) is 11.3 Å². The molecule has 0 spiro atoms. The molecule has 0 fully saturated rings. The number of hydrogen-bond acceptors (Lipinski definition) is 5. The third kappa shape index (κ3) is 5.90. The monoisotopic (exact) mass is 467 g/mol. The Morgan fingerprint density at radius 1 is 1.09 bits per heavy atom. The second-order valence-corrected chi connectivity index (χ2v) is 9.30. The second kappa shape index (κ2) is 10.5. The number of carbonyl (C=O) groups is 3. The first kappa shape index (κ1) is 24.3. The fraction of sp³-hybridized carbons (Fsp3) is 0.320. The SMILES string of the molecule is CCC(C)(C)NC(=O)[C@H](c1ccco1)N(C(=O)CNC(=O)c1cccs1)c1ccccc1C. The number of aryl methyl sites for hydroxylation is 1. The van der Waals surface area contributed by atoms with Gasteiger partial charge in [0.25, 0.3) is 11.8 Å². The zero-order chi connectivity index (χ0) is 24.0. The van der Waals surface area contributed by atoms with Crippen molar-refractivity contribution in [2.45, 2.75) is 45.7 Å². The average molecular weight is 468 g/mol. The molecule has 0 aliphatic rings. The summed E-state index contributed by atoms with van der Waals surface area (Å²) in [4.78, 5) is 41.4. The maximum absolute atomic E-state index is 13.5. The molecule has 0 bridgehead atoms. The van der Waals surface area contributed by atoms with E-state index < -0.39 is 17.5 Å². The van der Waals surface area contributed by atoms with Crippen molar-refractivity contribution in [2.75, 3.05) is 11.4 Å². The van der Waals surface area contributed by atoms with Crippen LogP contribution in [0.3, 0.4) is 0 Å². The lowest BCUT2D eigenvalue weighted by atomic mass is 10.00. The number of thiophene rings is 1. The molecular formula is C25H29N3O4S. The number of rotatable bonds is 9. The zero-order valence-electron chi connectivity index (χ0n) is 19.3. The van der Waals surface area contributed by atoms with Crippen LogP contribution in [-0.2, 0) is 9.59 Å². The van der Waals surface area contributed by atoms with Crippen LogP contribution < -0.4 is 15.5 Å². The van der Waals surface area contributed by atoms with E-state index in [0.717, 1.165) is 5.56 Å². The normalized spacial score (nSPS) is 12.1. The molecule has 3 amide bonds. The van der Waals surface area contributed by atoms with Crippen molar-refractivity contribution in [3.05, 3.63) is 76.4 Å². The minimum Gasteiger partial charge on any atom is -0.467 e. The summed E-state index contributed by atoms with van der Waals surface area (Å²) in [5.41, 5.74) is 0.906. The summed E-state index contributed by atoms with van der Waals surface area (Å²) in [5, 5.41) is 7.49. The number of amides is 3. The van der Waals surface area contributed by atoms with Gasteiger partial charge in [-0.1, -0.05) is 31.2 Å². The van der Waals surface area contributed by atoms with E-state index in [4.69, 9.17) is 4.42 Å². The number of benzene rings is 1. The topological polar surface area (TPSA) is 91.7 Å². The van der Waals surface area contributed by atoms with Crippen molar-refractivity contribution in [3.8, 4) is 0 Å². The largest absolute Gasteiger partial charge is 0.467 e. The number of nitrogens with zero attached hydrogens (tertiary/aromatic N) is 1. The Morgan fingerprint density at radius 3 is 2.45 bits per heavy atom. The van der Waals surface area contributed by atoms with Gasteiger partial charge in [-0.3, -0.25) is 19.3 Å². The molecule has 2 heterocycles. The predicted molar refractivity (Wildman–Crippen MR) is 129 cm³/mol. The van der Waals surface area contributed by atoms with Crippen molar-refractivity contribution < 1.29 is 18.8 Å². The van der Waals surface area contributed by atoms with Gasteiger partial charge in [0.15, 0.2) is 6.04 Å². The molecule has 174 valence electrons. The highest BCUT2D eigenvalue weighted by Crippen LogP contribution is 2.31. The van der Waals surface area contributed by atoms with Crippen LogP contribution in [0.2, 0.25) is 0 Å². The third-order valence-corrected chi connectivity index (χ3v) is 6.32. The van der Waals surface area contributed by atoms with E-state index in [9.17, 15) is 14.4 Å². The first-order chi connectivity index (χ1) is 15.7. The van der Waals surface area contributed by atoms with Crippen LogP contribution in [0.4, 0.5) is 5.69 Å². The van der Waals surface area contributed by atoms with Gasteiger partial charge in [0.05, 0.1) is 17.7 Å². The molecule has 7 nitrogen and oxygen atoms in total. The van der Waals surface area contributed by atoms with Crippen LogP contribution in [0.15, 0.2) is 64.6 Å². The van der Waals surface area contributed by atoms with Crippen molar-refractivity contribution in [3.63, 3.8) is 0 Å². The van der Waals surface area contributed by atoms with E-state index in [1.165, 1.54) is 22.5 Å². The number of hydrogen-bond donors (Lipinski definition) is 2. The molecule has 3 aromatic rings. The van der Waals surface area contributed by atoms with Crippen LogP contribution in [0.25, 0.3) is 0 Å². The number of anilines is 1. The van der Waals surface area contributed by atoms with Gasteiger partial charge in [0, 0.05) is 11.2 Å². The number of para-hydroxylation sites is 1. The molecule has 1 atom stereocenters. The lowest BCUT2D eigenvalue weighted by Crippen LogP contribution is -2.52. The first-order valence-electron chi connectivity index (χ1n) is 10.8. The Labute approximate surface area is 197 Å². The lowest BCUT2D eigenvalue weighted by Gasteiger charge is -2.34. The van der Waals surface area contributed by atoms with E-state index in [1.54, 1.807) is 41.8 Å². The Morgan fingerprint density at radius 2 is 1.85 bits per heavy atom. The molecular weight excluding hydrogens is 438 g/mol. The van der Waals surface area contributed by atoms with Gasteiger partial charge >= 0.3 is 0 Å². The van der Waals surface area contributed by atoms with Gasteiger partial charge < -0.3 is 15.1 Å². The van der Waals surface area contributed by atoms with Gasteiger partial charge in [-0.2, -0.15) is 0 Å². The molecule has 0 unspecified atom stereocenters. The molecule has 0 aliphatic heterocycles. The van der Waals surface area contributed by atoms with Gasteiger partial charge in [0.1, 0.15) is 5.76 Å². The highest BCUT2D eigenvalue weighted by atomic mass is 32.1. The standard InChI is InChI=1S/C25H29N3O4S/c1-5-25(3,4)27-24(31)22(19-12-8-14-32-19)28(18-11-7-6-10-17(18)2)21(29)16-26-23(30)20-13-9-15-33-20/h6-15,22H,5,16H2,1-4H3,(H,26,30)(H,27,31)/t22-/m0/s1. The summed E-state index contributed by atoms with van der Waals surface area (Å²) >= 11 is 1.29. The molecule has 0 saturated heterocycles. The van der Waals surface area contributed by atoms with Gasteiger partial charge in [-0.05, 0) is 62.4 Å². The third-order valence-electron chi connectivity index (χ3n) is 5.45. The van der Waals surface area contributed by atoms with Gasteiger partial charge in [-0.25, -0.2) is 0 Å². The summed E-state index contributed by atoms with van der Waals surface area (Å²) in [5.74, 6) is -0.798. The smallest absolute Gasteiger partial charge is 0.261 e. The van der Waals surface area contributed by atoms with Crippen LogP contribution in [0.1, 0.15) is 54.2 Å². The second-order valence-electron chi connectivity index (χ2n) is 8.35. The molecule has 0 saturated carbocycles. The Hall–Kier alpha value is -3.39. The maximum Gasteiger partial charge on any atom is 0.261 e. The molecule has 1 aromatic carbocycles. The molecule has 3 rings (SSSR count). The molecule has 2 N–H and O–H groups in total. The fourth-order valence-electron chi connectivity index (χ4n) is 3.30. The van der Waals surface area contributed by atoms with E-state index >= 15 is 0 Å². The summed E-state index contributed by atoms with van der Waals surface area (Å²) < 4.78 is 5.60. The van der Waals surface area contributed by atoms with Crippen LogP contribution in [-0.4, -0.2) is 29.8 Å². The van der Waals surface area contributed by atoms with Crippen molar-refractivity contribution >= 4 is 34.7 Å². The number of nitrogens with one attached hydrogen (secondary N) is 2.